The molecule has 0 unspecified atom stereocenters. The maximum absolute atomic E-state index is 13.6. The highest BCUT2D eigenvalue weighted by atomic mass is 19.1. The first-order valence-corrected chi connectivity index (χ1v) is 12.8. The maximum Gasteiger partial charge on any atom is 0.346 e. The average molecular weight is 503 g/mol. The van der Waals surface area contributed by atoms with E-state index in [9.17, 15) is 9.18 Å². The normalized spacial score (nSPS) is 16.8. The fraction of sp³-hybridized carbons (Fsp3) is 0.385. The number of furan rings is 1. The minimum Gasteiger partial charge on any atom is -0.463 e. The number of nitrogens with zero attached hydrogens (tertiary/aromatic N) is 8. The Labute approximate surface area is 211 Å². The van der Waals surface area contributed by atoms with Gasteiger partial charge in [-0.25, -0.2) is 28.4 Å². The molecular formula is C26H27FN8O2. The average Bonchev–Trinajstić information content (AvgIpc) is 3.32. The third-order valence-corrected chi connectivity index (χ3v) is 7.43. The number of imidazole rings is 1. The van der Waals surface area contributed by atoms with Crippen molar-refractivity contribution < 1.29 is 8.81 Å². The van der Waals surface area contributed by atoms with Crippen LogP contribution >= 0.6 is 0 Å². The van der Waals surface area contributed by atoms with Crippen LogP contribution in [-0.4, -0.2) is 66.3 Å². The van der Waals surface area contributed by atoms with Gasteiger partial charge in [0.1, 0.15) is 23.4 Å². The molecule has 0 radical (unpaired) electrons. The van der Waals surface area contributed by atoms with Crippen molar-refractivity contribution >= 4 is 22.6 Å². The van der Waals surface area contributed by atoms with E-state index in [1.807, 2.05) is 28.8 Å². The summed E-state index contributed by atoms with van der Waals surface area (Å²) in [7, 11) is 0. The molecule has 10 nitrogen and oxygen atoms in total. The molecule has 7 rings (SSSR count). The van der Waals surface area contributed by atoms with Crippen molar-refractivity contribution in [2.45, 2.75) is 25.9 Å². The fourth-order valence-electron chi connectivity index (χ4n) is 5.22. The Bertz CT molecular complexity index is 1610. The van der Waals surface area contributed by atoms with Gasteiger partial charge in [0.2, 0.25) is 5.78 Å². The van der Waals surface area contributed by atoms with E-state index >= 15 is 0 Å². The molecule has 1 saturated carbocycles. The summed E-state index contributed by atoms with van der Waals surface area (Å²) < 4.78 is 24.4. The number of hydrogen-bond donors (Lipinski definition) is 0. The van der Waals surface area contributed by atoms with Gasteiger partial charge in [-0.15, -0.1) is 0 Å². The standard InChI is InChI=1S/C26H27FN8O2/c27-19-5-7-20(8-6-19)32-12-9-31(10-13-32)11-14-33-25-30-24-23(22(28-17-29-24)21-2-1-15-37-21)35(25)34(26(33)36)16-18-3-4-18/h1-2,5-8,15,17-18H,3-4,9-14,16H2. The molecule has 5 heterocycles. The van der Waals surface area contributed by atoms with Crippen LogP contribution in [0, 0.1) is 11.7 Å². The van der Waals surface area contributed by atoms with Gasteiger partial charge in [0.05, 0.1) is 6.26 Å². The molecule has 1 aromatic carbocycles. The van der Waals surface area contributed by atoms with Crippen molar-refractivity contribution in [2.24, 2.45) is 5.92 Å². The van der Waals surface area contributed by atoms with Crippen LogP contribution in [0.5, 0.6) is 0 Å². The first-order valence-electron chi connectivity index (χ1n) is 12.8. The van der Waals surface area contributed by atoms with Crippen molar-refractivity contribution in [2.75, 3.05) is 37.6 Å². The number of fused-ring (bicyclic) bond motifs is 3. The summed E-state index contributed by atoms with van der Waals surface area (Å²) in [6.07, 6.45) is 5.36. The molecule has 0 atom stereocenters. The predicted molar refractivity (Wildman–Crippen MR) is 136 cm³/mol. The van der Waals surface area contributed by atoms with E-state index in [1.165, 1.54) is 18.5 Å². The Balaban J connectivity index is 1.18. The van der Waals surface area contributed by atoms with Gasteiger partial charge in [0.25, 0.3) is 0 Å². The fourth-order valence-corrected chi connectivity index (χ4v) is 5.22. The largest absolute Gasteiger partial charge is 0.463 e. The van der Waals surface area contributed by atoms with Crippen molar-refractivity contribution in [1.82, 2.24) is 33.6 Å². The van der Waals surface area contributed by atoms with Crippen molar-refractivity contribution in [1.29, 1.82) is 0 Å². The quantitative estimate of drug-likeness (QED) is 0.338. The van der Waals surface area contributed by atoms with Crippen molar-refractivity contribution in [3.05, 3.63) is 65.3 Å². The van der Waals surface area contributed by atoms with Gasteiger partial charge in [0, 0.05) is 51.5 Å². The van der Waals surface area contributed by atoms with Crippen LogP contribution < -0.4 is 10.6 Å². The zero-order valence-electron chi connectivity index (χ0n) is 20.3. The molecule has 2 aliphatic rings. The van der Waals surface area contributed by atoms with Gasteiger partial charge in [-0.1, -0.05) is 0 Å². The highest BCUT2D eigenvalue weighted by Crippen LogP contribution is 2.32. The third kappa shape index (κ3) is 3.99. The van der Waals surface area contributed by atoms with Crippen LogP contribution in [0.1, 0.15) is 12.8 Å². The van der Waals surface area contributed by atoms with E-state index in [1.54, 1.807) is 15.5 Å². The Kier molecular flexibility index (Phi) is 5.31. The maximum atomic E-state index is 13.6. The lowest BCUT2D eigenvalue weighted by atomic mass is 10.2. The summed E-state index contributed by atoms with van der Waals surface area (Å²) in [5, 5.41) is 0. The minimum atomic E-state index is -0.221. The first-order chi connectivity index (χ1) is 18.2. The second kappa shape index (κ2) is 8.84. The van der Waals surface area contributed by atoms with E-state index in [2.05, 4.69) is 19.8 Å². The van der Waals surface area contributed by atoms with Gasteiger partial charge < -0.3 is 9.32 Å². The van der Waals surface area contributed by atoms with Crippen LogP contribution in [0.25, 0.3) is 28.4 Å². The molecule has 2 fully saturated rings. The van der Waals surface area contributed by atoms with Gasteiger partial charge in [-0.3, -0.25) is 9.47 Å². The molecule has 1 saturated heterocycles. The van der Waals surface area contributed by atoms with Gasteiger partial charge in [-0.05, 0) is 55.2 Å². The molecule has 190 valence electrons. The summed E-state index contributed by atoms with van der Waals surface area (Å²) in [6, 6.07) is 10.3. The number of aromatic nitrogens is 6. The molecule has 1 aliphatic heterocycles. The Morgan fingerprint density at radius 1 is 1.00 bits per heavy atom. The van der Waals surface area contributed by atoms with Crippen LogP contribution in [0.15, 0.2) is 58.2 Å². The monoisotopic (exact) mass is 502 g/mol. The molecule has 0 spiro atoms. The lowest BCUT2D eigenvalue weighted by Gasteiger charge is -2.36. The highest BCUT2D eigenvalue weighted by molar-refractivity contribution is 5.87. The van der Waals surface area contributed by atoms with E-state index in [0.29, 0.717) is 47.4 Å². The van der Waals surface area contributed by atoms with E-state index in [4.69, 9.17) is 9.40 Å². The van der Waals surface area contributed by atoms with Crippen LogP contribution in [0.4, 0.5) is 10.1 Å². The van der Waals surface area contributed by atoms with Gasteiger partial charge in [0.15, 0.2) is 11.4 Å². The highest BCUT2D eigenvalue weighted by Gasteiger charge is 2.28. The summed E-state index contributed by atoms with van der Waals surface area (Å²) in [4.78, 5) is 31.9. The zero-order valence-corrected chi connectivity index (χ0v) is 20.3. The summed E-state index contributed by atoms with van der Waals surface area (Å²) >= 11 is 0. The van der Waals surface area contributed by atoms with Gasteiger partial charge in [-0.2, -0.15) is 4.98 Å². The van der Waals surface area contributed by atoms with Crippen LogP contribution in [-0.2, 0) is 13.1 Å². The van der Waals surface area contributed by atoms with E-state index in [0.717, 1.165) is 51.3 Å². The molecule has 0 amide bonds. The third-order valence-electron chi connectivity index (χ3n) is 7.43. The number of halogens is 1. The van der Waals surface area contributed by atoms with Crippen molar-refractivity contribution in [3.63, 3.8) is 0 Å². The molecular weight excluding hydrogens is 475 g/mol. The number of rotatable bonds is 7. The summed E-state index contributed by atoms with van der Waals surface area (Å²) in [6.45, 7) is 5.37. The topological polar surface area (TPSA) is 89.6 Å². The van der Waals surface area contributed by atoms with Crippen LogP contribution in [0.3, 0.4) is 0 Å². The lowest BCUT2D eigenvalue weighted by molar-refractivity contribution is 0.247. The molecule has 4 aromatic heterocycles. The smallest absolute Gasteiger partial charge is 0.346 e. The Morgan fingerprint density at radius 3 is 2.54 bits per heavy atom. The SMILES string of the molecule is O=c1n(CCN2CCN(c3ccc(F)cc3)CC2)c2nc3ncnc(-c4ccco4)c3n2n1CC1CC1. The number of hydrogen-bond acceptors (Lipinski definition) is 7. The summed E-state index contributed by atoms with van der Waals surface area (Å²) in [5.41, 5.74) is 2.84. The second-order valence-electron chi connectivity index (χ2n) is 9.86. The van der Waals surface area contributed by atoms with E-state index < -0.39 is 0 Å². The van der Waals surface area contributed by atoms with Gasteiger partial charge >= 0.3 is 5.69 Å². The molecule has 1 aliphatic carbocycles. The lowest BCUT2D eigenvalue weighted by Crippen LogP contribution is -2.47. The van der Waals surface area contributed by atoms with E-state index in [-0.39, 0.29) is 11.5 Å². The van der Waals surface area contributed by atoms with Crippen LogP contribution in [0.2, 0.25) is 0 Å². The molecule has 0 N–H and O–H groups in total. The second-order valence-corrected chi connectivity index (χ2v) is 9.86. The molecule has 11 heteroatoms. The zero-order chi connectivity index (χ0) is 24.9. The number of anilines is 1. The molecule has 0 bridgehead atoms. The number of piperazine rings is 1. The Hall–Kier alpha value is -3.99. The first kappa shape index (κ1) is 22.2. The predicted octanol–water partition coefficient (Wildman–Crippen LogP) is 2.87. The Morgan fingerprint density at radius 2 is 1.81 bits per heavy atom. The number of benzene rings is 1. The summed E-state index contributed by atoms with van der Waals surface area (Å²) in [5.74, 6) is 1.48. The minimum absolute atomic E-state index is 0.0597. The van der Waals surface area contributed by atoms with Crippen molar-refractivity contribution in [3.8, 4) is 11.5 Å². The molecule has 5 aromatic rings. The molecule has 37 heavy (non-hydrogen) atoms.